The summed E-state index contributed by atoms with van der Waals surface area (Å²) in [6.07, 6.45) is 9.08. The Hall–Kier alpha value is -4.01. The van der Waals surface area contributed by atoms with Crippen LogP contribution in [0, 0.1) is 0 Å². The number of carbonyl (C=O) groups excluding carboxylic acids is 5. The van der Waals surface area contributed by atoms with Gasteiger partial charge in [-0.2, -0.15) is 0 Å². The summed E-state index contributed by atoms with van der Waals surface area (Å²) < 4.78 is 11.1. The van der Waals surface area contributed by atoms with Gasteiger partial charge in [-0.25, -0.2) is 4.79 Å². The maximum atomic E-state index is 13.9. The molecule has 0 aliphatic rings. The summed E-state index contributed by atoms with van der Waals surface area (Å²) in [5, 5.41) is 22.3. The molecular formula is C37H50O9. The zero-order valence-electron chi connectivity index (χ0n) is 27.9. The molecule has 252 valence electrons. The van der Waals surface area contributed by atoms with Gasteiger partial charge in [0, 0.05) is 24.8 Å². The van der Waals surface area contributed by atoms with E-state index >= 15 is 0 Å². The number of esters is 2. The van der Waals surface area contributed by atoms with Gasteiger partial charge in [-0.05, 0) is 37.8 Å². The van der Waals surface area contributed by atoms with Crippen LogP contribution in [0.5, 0.6) is 17.2 Å². The Morgan fingerprint density at radius 2 is 1.20 bits per heavy atom. The number of phenolic OH excluding ortho intramolecular Hbond substituents is 2. The standard InChI is InChI=1S/C37H50O9/c1-5-8-11-14-20-28(39)31-33(37(44)45-24-26-18-17-19-27(23-26)25(4)38)32(29(40)21-15-12-9-6-2)36(35(43)34(31)42)46-30(41)22-16-13-10-7-3/h17-19,23,42-43H,5-16,20-22,24H2,1-4H3. The molecule has 0 saturated heterocycles. The second-order valence-electron chi connectivity index (χ2n) is 11.7. The SMILES string of the molecule is CCCCCCC(=O)Oc1c(O)c(O)c(C(=O)CCCCCC)c(C(=O)OCc2cccc(C(C)=O)c2)c1C(=O)CCCCCC. The van der Waals surface area contributed by atoms with Gasteiger partial charge in [0.2, 0.25) is 5.75 Å². The first kappa shape index (κ1) is 38.2. The molecule has 0 unspecified atom stereocenters. The van der Waals surface area contributed by atoms with E-state index < -0.39 is 57.4 Å². The summed E-state index contributed by atoms with van der Waals surface area (Å²) in [7, 11) is 0. The van der Waals surface area contributed by atoms with Crippen molar-refractivity contribution in [2.45, 2.75) is 131 Å². The summed E-state index contributed by atoms with van der Waals surface area (Å²) >= 11 is 0. The molecular weight excluding hydrogens is 588 g/mol. The van der Waals surface area contributed by atoms with Gasteiger partial charge >= 0.3 is 11.9 Å². The topological polar surface area (TPSA) is 144 Å². The molecule has 0 aliphatic heterocycles. The van der Waals surface area contributed by atoms with Crippen LogP contribution in [-0.2, 0) is 16.1 Å². The Kier molecular flexibility index (Phi) is 16.7. The first-order valence-corrected chi connectivity index (χ1v) is 16.7. The molecule has 2 aromatic carbocycles. The highest BCUT2D eigenvalue weighted by Gasteiger charge is 2.36. The third-order valence-electron chi connectivity index (χ3n) is 7.83. The van der Waals surface area contributed by atoms with Gasteiger partial charge in [-0.1, -0.05) is 96.8 Å². The molecule has 46 heavy (non-hydrogen) atoms. The lowest BCUT2D eigenvalue weighted by atomic mass is 9.89. The van der Waals surface area contributed by atoms with E-state index in [9.17, 15) is 34.2 Å². The minimum Gasteiger partial charge on any atom is -0.504 e. The molecule has 2 rings (SSSR count). The lowest BCUT2D eigenvalue weighted by Gasteiger charge is -2.20. The van der Waals surface area contributed by atoms with Crippen LogP contribution in [0.3, 0.4) is 0 Å². The maximum Gasteiger partial charge on any atom is 0.340 e. The van der Waals surface area contributed by atoms with E-state index in [4.69, 9.17) is 9.47 Å². The Labute approximate surface area is 272 Å². The van der Waals surface area contributed by atoms with Gasteiger partial charge in [-0.3, -0.25) is 19.2 Å². The van der Waals surface area contributed by atoms with Crippen molar-refractivity contribution >= 4 is 29.3 Å². The molecule has 0 saturated carbocycles. The maximum absolute atomic E-state index is 13.9. The van der Waals surface area contributed by atoms with Crippen molar-refractivity contribution in [1.82, 2.24) is 0 Å². The highest BCUT2D eigenvalue weighted by atomic mass is 16.5. The quantitative estimate of drug-likeness (QED) is 0.0425. The highest BCUT2D eigenvalue weighted by Crippen LogP contribution is 2.46. The van der Waals surface area contributed by atoms with Gasteiger partial charge in [0.05, 0.1) is 16.7 Å². The van der Waals surface area contributed by atoms with Crippen molar-refractivity contribution < 1.29 is 43.7 Å². The minimum atomic E-state index is -1.10. The molecule has 0 atom stereocenters. The van der Waals surface area contributed by atoms with E-state index in [-0.39, 0.29) is 31.7 Å². The van der Waals surface area contributed by atoms with E-state index in [0.29, 0.717) is 30.4 Å². The van der Waals surface area contributed by atoms with E-state index in [1.165, 1.54) is 6.92 Å². The molecule has 9 nitrogen and oxygen atoms in total. The predicted octanol–water partition coefficient (Wildman–Crippen LogP) is 8.84. The lowest BCUT2D eigenvalue weighted by molar-refractivity contribution is -0.134. The van der Waals surface area contributed by atoms with Crippen molar-refractivity contribution in [2.75, 3.05) is 0 Å². The van der Waals surface area contributed by atoms with Gasteiger partial charge in [0.15, 0.2) is 28.8 Å². The van der Waals surface area contributed by atoms with E-state index in [0.717, 1.165) is 57.8 Å². The van der Waals surface area contributed by atoms with Gasteiger partial charge < -0.3 is 19.7 Å². The molecule has 0 amide bonds. The Morgan fingerprint density at radius 1 is 0.652 bits per heavy atom. The average Bonchev–Trinajstić information content (AvgIpc) is 3.04. The van der Waals surface area contributed by atoms with E-state index in [1.54, 1.807) is 24.3 Å². The minimum absolute atomic E-state index is 0.00525. The van der Waals surface area contributed by atoms with Crippen molar-refractivity contribution in [3.8, 4) is 17.2 Å². The van der Waals surface area contributed by atoms with Crippen LogP contribution in [0.25, 0.3) is 0 Å². The highest BCUT2D eigenvalue weighted by molar-refractivity contribution is 6.17. The monoisotopic (exact) mass is 638 g/mol. The van der Waals surface area contributed by atoms with Crippen LogP contribution in [0.4, 0.5) is 0 Å². The van der Waals surface area contributed by atoms with Crippen LogP contribution < -0.4 is 4.74 Å². The van der Waals surface area contributed by atoms with Crippen LogP contribution in [0.1, 0.15) is 171 Å². The molecule has 0 radical (unpaired) electrons. The van der Waals surface area contributed by atoms with E-state index in [2.05, 4.69) is 0 Å². The fourth-order valence-corrected chi connectivity index (χ4v) is 5.18. The number of phenols is 2. The zero-order chi connectivity index (χ0) is 34.1. The van der Waals surface area contributed by atoms with Crippen LogP contribution >= 0.6 is 0 Å². The summed E-state index contributed by atoms with van der Waals surface area (Å²) in [6, 6.07) is 6.48. The normalized spacial score (nSPS) is 10.9. The smallest absolute Gasteiger partial charge is 0.340 e. The molecule has 2 N–H and O–H groups in total. The molecule has 0 spiro atoms. The van der Waals surface area contributed by atoms with Gasteiger partial charge in [-0.15, -0.1) is 0 Å². The number of carbonyl (C=O) groups is 5. The molecule has 0 bridgehead atoms. The first-order valence-electron chi connectivity index (χ1n) is 16.7. The third kappa shape index (κ3) is 11.4. The number of Topliss-reactive ketones (excluding diaryl/α,β-unsaturated/α-hetero) is 3. The number of ketones is 3. The van der Waals surface area contributed by atoms with Crippen LogP contribution in [0.2, 0.25) is 0 Å². The van der Waals surface area contributed by atoms with Crippen molar-refractivity contribution in [2.24, 2.45) is 0 Å². The van der Waals surface area contributed by atoms with Crippen LogP contribution in [-0.4, -0.2) is 39.5 Å². The summed E-state index contributed by atoms with van der Waals surface area (Å²) in [5.74, 6) is -5.82. The van der Waals surface area contributed by atoms with E-state index in [1.807, 2.05) is 20.8 Å². The number of rotatable bonds is 22. The number of hydrogen-bond acceptors (Lipinski definition) is 9. The number of aromatic hydroxyl groups is 2. The fraction of sp³-hybridized carbons (Fsp3) is 0.541. The molecule has 0 aromatic heterocycles. The van der Waals surface area contributed by atoms with Crippen molar-refractivity contribution in [3.05, 3.63) is 52.1 Å². The Bertz CT molecular complexity index is 1360. The molecule has 9 heteroatoms. The molecule has 0 fully saturated rings. The average molecular weight is 639 g/mol. The number of hydrogen-bond donors (Lipinski definition) is 2. The molecule has 0 aliphatic carbocycles. The van der Waals surface area contributed by atoms with Gasteiger partial charge in [0.1, 0.15) is 6.61 Å². The number of unbranched alkanes of at least 4 members (excludes halogenated alkanes) is 9. The third-order valence-corrected chi connectivity index (χ3v) is 7.83. The summed E-state index contributed by atoms with van der Waals surface area (Å²) in [5.41, 5.74) is -0.616. The lowest BCUT2D eigenvalue weighted by Crippen LogP contribution is -2.21. The number of benzene rings is 2. The first-order chi connectivity index (χ1) is 22.1. The number of ether oxygens (including phenoxy) is 2. The molecule has 2 aromatic rings. The molecule has 0 heterocycles. The Morgan fingerprint density at radius 3 is 1.74 bits per heavy atom. The Balaban J connectivity index is 2.67. The van der Waals surface area contributed by atoms with Crippen molar-refractivity contribution in [1.29, 1.82) is 0 Å². The zero-order valence-corrected chi connectivity index (χ0v) is 27.9. The second-order valence-corrected chi connectivity index (χ2v) is 11.7. The largest absolute Gasteiger partial charge is 0.504 e. The summed E-state index contributed by atoms with van der Waals surface area (Å²) in [6.45, 7) is 7.19. The second kappa shape index (κ2) is 20.2. The fourth-order valence-electron chi connectivity index (χ4n) is 5.18. The van der Waals surface area contributed by atoms with Gasteiger partial charge in [0.25, 0.3) is 0 Å². The van der Waals surface area contributed by atoms with Crippen LogP contribution in [0.15, 0.2) is 24.3 Å². The predicted molar refractivity (Wildman–Crippen MR) is 176 cm³/mol. The van der Waals surface area contributed by atoms with Crippen molar-refractivity contribution in [3.63, 3.8) is 0 Å². The summed E-state index contributed by atoms with van der Waals surface area (Å²) in [4.78, 5) is 66.0.